The van der Waals surface area contributed by atoms with Crippen LogP contribution in [0.5, 0.6) is 0 Å². The van der Waals surface area contributed by atoms with Crippen molar-refractivity contribution in [3.05, 3.63) is 0 Å². The summed E-state index contributed by atoms with van der Waals surface area (Å²) in [6, 6.07) is 0.230. The molecule has 0 aromatic heterocycles. The molecule has 0 aromatic rings. The first-order valence-corrected chi connectivity index (χ1v) is 4.20. The zero-order chi connectivity index (χ0) is 6.57. The third kappa shape index (κ3) is 4.75. The van der Waals surface area contributed by atoms with E-state index in [9.17, 15) is 0 Å². The molecule has 1 nitrogen and oxygen atoms in total. The maximum Gasteiger partial charge on any atom is 0.173 e. The molecule has 0 rings (SSSR count). The summed E-state index contributed by atoms with van der Waals surface area (Å²) in [5, 5.41) is 0. The molecular weight excluding hydrogens is 165 g/mol. The Kier molecular flexibility index (Phi) is 4.81. The van der Waals surface area contributed by atoms with Gasteiger partial charge in [0.15, 0.2) is 4.50 Å². The molecule has 0 radical (unpaired) electrons. The van der Waals surface area contributed by atoms with E-state index in [1.54, 1.807) is 0 Å². The standard InChI is InChI=1S/C4H7Cl2NS/c1-3(2)7-4(5)8-6/h3H,1-2H3. The van der Waals surface area contributed by atoms with Gasteiger partial charge < -0.3 is 0 Å². The molecule has 0 saturated heterocycles. The van der Waals surface area contributed by atoms with Gasteiger partial charge in [-0.1, -0.05) is 11.6 Å². The van der Waals surface area contributed by atoms with Gasteiger partial charge in [-0.05, 0) is 24.5 Å². The number of hydrogen-bond donors (Lipinski definition) is 0. The van der Waals surface area contributed by atoms with Crippen LogP contribution in [0.2, 0.25) is 0 Å². The summed E-state index contributed by atoms with van der Waals surface area (Å²) in [7, 11) is 6.19. The highest BCUT2D eigenvalue weighted by Gasteiger charge is 1.92. The Balaban J connectivity index is 3.56. The molecule has 0 aliphatic rings. The van der Waals surface area contributed by atoms with E-state index < -0.39 is 0 Å². The van der Waals surface area contributed by atoms with Gasteiger partial charge in [0, 0.05) is 17.0 Å². The predicted octanol–water partition coefficient (Wildman–Crippen LogP) is 2.88. The van der Waals surface area contributed by atoms with Gasteiger partial charge in [0.25, 0.3) is 0 Å². The van der Waals surface area contributed by atoms with Crippen LogP contribution < -0.4 is 0 Å². The normalized spacial score (nSPS) is 12.9. The Morgan fingerprint density at radius 3 is 2.25 bits per heavy atom. The Morgan fingerprint density at radius 2 is 2.12 bits per heavy atom. The Labute approximate surface area is 63.0 Å². The fourth-order valence-corrected chi connectivity index (χ4v) is 0.788. The Bertz CT molecular complexity index is 92.0. The first kappa shape index (κ1) is 8.60. The summed E-state index contributed by atoms with van der Waals surface area (Å²) in [6.45, 7) is 3.88. The van der Waals surface area contributed by atoms with Crippen molar-refractivity contribution >= 4 is 37.8 Å². The lowest BCUT2D eigenvalue weighted by molar-refractivity contribution is 0.842. The highest BCUT2D eigenvalue weighted by molar-refractivity contribution is 8.34. The second-order valence-corrected chi connectivity index (χ2v) is 3.14. The molecule has 0 amide bonds. The Hall–Kier alpha value is 0.600. The molecule has 0 N–H and O–H groups in total. The Morgan fingerprint density at radius 1 is 1.62 bits per heavy atom. The molecule has 0 atom stereocenters. The SMILES string of the molecule is CC(C)N=C(Cl)SCl. The van der Waals surface area contributed by atoms with Crippen molar-refractivity contribution in [1.29, 1.82) is 0 Å². The lowest BCUT2D eigenvalue weighted by Crippen LogP contribution is -1.89. The van der Waals surface area contributed by atoms with Crippen molar-refractivity contribution in [1.82, 2.24) is 0 Å². The molecule has 4 heteroatoms. The molecule has 0 aliphatic heterocycles. The summed E-state index contributed by atoms with van der Waals surface area (Å²) < 4.78 is 0.404. The zero-order valence-corrected chi connectivity index (χ0v) is 7.02. The minimum Gasteiger partial charge on any atom is -0.264 e. The number of aliphatic imine (C=N–C) groups is 1. The molecule has 0 aromatic carbocycles. The maximum absolute atomic E-state index is 5.44. The molecular formula is C4H7Cl2NS. The van der Waals surface area contributed by atoms with Crippen LogP contribution in [0.4, 0.5) is 0 Å². The maximum atomic E-state index is 5.44. The lowest BCUT2D eigenvalue weighted by atomic mass is 10.4. The molecule has 0 heterocycles. The minimum atomic E-state index is 0.230. The lowest BCUT2D eigenvalue weighted by Gasteiger charge is -1.93. The van der Waals surface area contributed by atoms with Gasteiger partial charge in [0.05, 0.1) is 0 Å². The van der Waals surface area contributed by atoms with Crippen LogP contribution in [0.25, 0.3) is 0 Å². The van der Waals surface area contributed by atoms with E-state index >= 15 is 0 Å². The van der Waals surface area contributed by atoms with E-state index in [1.165, 1.54) is 0 Å². The second-order valence-electron chi connectivity index (χ2n) is 1.55. The van der Waals surface area contributed by atoms with Gasteiger partial charge >= 0.3 is 0 Å². The van der Waals surface area contributed by atoms with Crippen molar-refractivity contribution in [3.8, 4) is 0 Å². The fraction of sp³-hybridized carbons (Fsp3) is 0.750. The van der Waals surface area contributed by atoms with E-state index in [1.807, 2.05) is 13.8 Å². The van der Waals surface area contributed by atoms with Crippen molar-refractivity contribution < 1.29 is 0 Å². The highest BCUT2D eigenvalue weighted by atomic mass is 35.7. The zero-order valence-electron chi connectivity index (χ0n) is 4.69. The van der Waals surface area contributed by atoms with Crippen LogP contribution in [0.15, 0.2) is 4.99 Å². The average molecular weight is 172 g/mol. The summed E-state index contributed by atoms with van der Waals surface area (Å²) >= 11 is 5.44. The van der Waals surface area contributed by atoms with Crippen molar-refractivity contribution in [3.63, 3.8) is 0 Å². The third-order valence-electron chi connectivity index (χ3n) is 0.423. The van der Waals surface area contributed by atoms with Crippen LogP contribution in [0.1, 0.15) is 13.8 Å². The van der Waals surface area contributed by atoms with E-state index in [0.717, 1.165) is 11.0 Å². The van der Waals surface area contributed by atoms with Gasteiger partial charge in [-0.2, -0.15) is 0 Å². The molecule has 8 heavy (non-hydrogen) atoms. The minimum absolute atomic E-state index is 0.230. The second kappa shape index (κ2) is 4.48. The van der Waals surface area contributed by atoms with E-state index in [4.69, 9.17) is 22.3 Å². The predicted molar refractivity (Wildman–Crippen MR) is 41.9 cm³/mol. The van der Waals surface area contributed by atoms with Crippen LogP contribution in [0, 0.1) is 0 Å². The van der Waals surface area contributed by atoms with Crippen LogP contribution >= 0.6 is 33.3 Å². The van der Waals surface area contributed by atoms with Crippen molar-refractivity contribution in [2.75, 3.05) is 0 Å². The van der Waals surface area contributed by atoms with Gasteiger partial charge in [-0.15, -0.1) is 0 Å². The molecule has 0 spiro atoms. The van der Waals surface area contributed by atoms with Gasteiger partial charge in [-0.25, -0.2) is 0 Å². The molecule has 0 aliphatic carbocycles. The molecule has 0 fully saturated rings. The first-order chi connectivity index (χ1) is 3.66. The third-order valence-corrected chi connectivity index (χ3v) is 1.66. The monoisotopic (exact) mass is 171 g/mol. The summed E-state index contributed by atoms with van der Waals surface area (Å²) in [5.74, 6) is 0. The van der Waals surface area contributed by atoms with E-state index in [-0.39, 0.29) is 6.04 Å². The number of hydrogen-bond acceptors (Lipinski definition) is 2. The highest BCUT2D eigenvalue weighted by Crippen LogP contribution is 2.13. The van der Waals surface area contributed by atoms with Crippen LogP contribution in [-0.2, 0) is 0 Å². The van der Waals surface area contributed by atoms with Gasteiger partial charge in [-0.3, -0.25) is 4.99 Å². The molecule has 48 valence electrons. The number of rotatable bonds is 1. The number of halogens is 2. The molecule has 0 bridgehead atoms. The van der Waals surface area contributed by atoms with Gasteiger partial charge in [0.2, 0.25) is 0 Å². The van der Waals surface area contributed by atoms with E-state index in [0.29, 0.717) is 4.50 Å². The topological polar surface area (TPSA) is 12.4 Å². The van der Waals surface area contributed by atoms with Gasteiger partial charge in [0.1, 0.15) is 0 Å². The average Bonchev–Trinajstić information content (AvgIpc) is 1.65. The molecule has 0 saturated carbocycles. The summed E-state index contributed by atoms with van der Waals surface area (Å²) in [4.78, 5) is 3.91. The quantitative estimate of drug-likeness (QED) is 0.437. The number of nitrogens with zero attached hydrogens (tertiary/aromatic N) is 1. The van der Waals surface area contributed by atoms with Crippen molar-refractivity contribution in [2.45, 2.75) is 19.9 Å². The summed E-state index contributed by atoms with van der Waals surface area (Å²) in [6.07, 6.45) is 0. The first-order valence-electron chi connectivity index (χ1n) is 2.18. The largest absolute Gasteiger partial charge is 0.264 e. The van der Waals surface area contributed by atoms with Crippen molar-refractivity contribution in [2.24, 2.45) is 4.99 Å². The summed E-state index contributed by atoms with van der Waals surface area (Å²) in [5.41, 5.74) is 0. The smallest absolute Gasteiger partial charge is 0.173 e. The van der Waals surface area contributed by atoms with Crippen LogP contribution in [0.3, 0.4) is 0 Å². The van der Waals surface area contributed by atoms with E-state index in [2.05, 4.69) is 4.99 Å². The van der Waals surface area contributed by atoms with Crippen LogP contribution in [-0.4, -0.2) is 10.5 Å². The molecule has 0 unspecified atom stereocenters. The fourth-order valence-electron chi connectivity index (χ4n) is 0.223.